The second kappa shape index (κ2) is 10.2. The van der Waals surface area contributed by atoms with E-state index in [4.69, 9.17) is 10.7 Å². The van der Waals surface area contributed by atoms with Crippen LogP contribution in [0.3, 0.4) is 0 Å². The maximum atomic E-state index is 12.8. The van der Waals surface area contributed by atoms with E-state index in [1.165, 1.54) is 11.1 Å². The number of carbonyl (C=O) groups is 1. The summed E-state index contributed by atoms with van der Waals surface area (Å²) in [6.07, 6.45) is 8.89. The Hall–Kier alpha value is -2.72. The van der Waals surface area contributed by atoms with Gasteiger partial charge in [0.25, 0.3) is 0 Å². The first-order valence-corrected chi connectivity index (χ1v) is 13.5. The van der Waals surface area contributed by atoms with Gasteiger partial charge in [-0.15, -0.1) is 0 Å². The number of nitrogens with two attached hydrogens (primary N) is 1. The number of aliphatic hydroxyl groups is 1. The zero-order chi connectivity index (χ0) is 26.3. The Bertz CT molecular complexity index is 1170. The summed E-state index contributed by atoms with van der Waals surface area (Å²) in [5.41, 5.74) is 16.3. The van der Waals surface area contributed by atoms with Crippen LogP contribution in [0.25, 0.3) is 5.57 Å². The van der Waals surface area contributed by atoms with E-state index in [2.05, 4.69) is 34.9 Å². The number of benzene rings is 1. The number of aromatic amines is 1. The normalized spacial score (nSPS) is 27.1. The fourth-order valence-corrected chi connectivity index (χ4v) is 6.20. The van der Waals surface area contributed by atoms with Crippen LogP contribution in [0.1, 0.15) is 81.1 Å². The molecule has 2 fully saturated rings. The molecular weight excluding hydrogens is 468 g/mol. The van der Waals surface area contributed by atoms with Crippen molar-refractivity contribution in [2.24, 2.45) is 11.7 Å². The summed E-state index contributed by atoms with van der Waals surface area (Å²) in [6, 6.07) is 5.29. The molecule has 4 unspecified atom stereocenters. The third-order valence-corrected chi connectivity index (χ3v) is 8.43. The van der Waals surface area contributed by atoms with Crippen molar-refractivity contribution in [2.45, 2.75) is 82.5 Å². The highest BCUT2D eigenvalue weighted by molar-refractivity contribution is 5.85. The number of nitrogens with zero attached hydrogens (tertiary/aromatic N) is 2. The molecule has 37 heavy (non-hydrogen) atoms. The van der Waals surface area contributed by atoms with Gasteiger partial charge in [0, 0.05) is 19.1 Å². The van der Waals surface area contributed by atoms with Gasteiger partial charge < -0.3 is 25.8 Å². The van der Waals surface area contributed by atoms with E-state index in [0.717, 1.165) is 49.2 Å². The van der Waals surface area contributed by atoms with Crippen LogP contribution in [0.15, 0.2) is 30.5 Å². The van der Waals surface area contributed by atoms with E-state index in [1.807, 2.05) is 12.3 Å². The lowest BCUT2D eigenvalue weighted by Crippen LogP contribution is -2.55. The van der Waals surface area contributed by atoms with Gasteiger partial charge in [-0.3, -0.25) is 10.2 Å². The van der Waals surface area contributed by atoms with Gasteiger partial charge in [0.05, 0.1) is 23.5 Å². The number of hydrogen-bond donors (Lipinski definition) is 6. The average Bonchev–Trinajstić information content (AvgIpc) is 3.54. The van der Waals surface area contributed by atoms with E-state index in [0.29, 0.717) is 36.7 Å². The van der Waals surface area contributed by atoms with Gasteiger partial charge >= 0.3 is 0 Å². The molecule has 3 aliphatic rings. The number of aromatic nitrogens is 2. The minimum Gasteiger partial charge on any atom is -0.508 e. The first-order chi connectivity index (χ1) is 17.7. The first-order valence-electron chi connectivity index (χ1n) is 13.5. The number of phenolic OH excluding ortho intramolecular Hbond substituents is 1. The Morgan fingerprint density at radius 1 is 1.30 bits per heavy atom. The molecule has 0 radical (unpaired) electrons. The lowest BCUT2D eigenvalue weighted by molar-refractivity contribution is -0.137. The smallest absolute Gasteiger partial charge is 0.242 e. The molecule has 1 aromatic heterocycles. The van der Waals surface area contributed by atoms with Crippen molar-refractivity contribution in [3.05, 3.63) is 53.1 Å². The number of aryl methyl sites for hydroxylation is 1. The number of hydrazine groups is 1. The summed E-state index contributed by atoms with van der Waals surface area (Å²) in [4.78, 5) is 22.8. The Kier molecular flexibility index (Phi) is 7.15. The van der Waals surface area contributed by atoms with Gasteiger partial charge in [0.1, 0.15) is 17.6 Å². The van der Waals surface area contributed by atoms with Crippen molar-refractivity contribution in [2.75, 3.05) is 13.1 Å². The minimum atomic E-state index is -1.27. The van der Waals surface area contributed by atoms with Crippen LogP contribution in [0, 0.1) is 5.92 Å². The molecule has 2 aromatic rings. The molecule has 3 heterocycles. The zero-order valence-electron chi connectivity index (χ0n) is 22.0. The standard InChI is InChI=1S/C28H40N6O3/c1-4-16-12-19(35)8-10-20(16)17-7-9-21-22(13-17)32-33-24(21)26-30-14-23(31-26)18-6-5-11-34(15-18)27(36)25(29)28(2,3)37/h6,8,10,12,14,17,21-22,24-25,32-33,35,37H,4-5,7,9,11,13,15,29H2,1-3H3,(H,30,31)/t17?,21?,22?,24?,25-/m1/s1. The molecule has 5 rings (SSSR count). The van der Waals surface area contributed by atoms with E-state index >= 15 is 0 Å². The summed E-state index contributed by atoms with van der Waals surface area (Å²) in [6.45, 7) is 6.30. The molecule has 0 spiro atoms. The van der Waals surface area contributed by atoms with Gasteiger partial charge in [-0.05, 0) is 86.6 Å². The lowest BCUT2D eigenvalue weighted by Gasteiger charge is -2.33. The molecule has 9 heteroatoms. The minimum absolute atomic E-state index is 0.0932. The van der Waals surface area contributed by atoms with Crippen molar-refractivity contribution in [3.8, 4) is 5.75 Å². The van der Waals surface area contributed by atoms with Crippen LogP contribution >= 0.6 is 0 Å². The Balaban J connectivity index is 1.25. The van der Waals surface area contributed by atoms with Crippen molar-refractivity contribution < 1.29 is 15.0 Å². The van der Waals surface area contributed by atoms with Gasteiger partial charge in [-0.1, -0.05) is 19.1 Å². The molecule has 1 aliphatic carbocycles. The molecule has 2 aliphatic heterocycles. The predicted octanol–water partition coefficient (Wildman–Crippen LogP) is 2.49. The number of phenols is 1. The molecule has 9 nitrogen and oxygen atoms in total. The van der Waals surface area contributed by atoms with Crippen molar-refractivity contribution >= 4 is 11.5 Å². The fourth-order valence-electron chi connectivity index (χ4n) is 6.20. The number of hydrogen-bond acceptors (Lipinski definition) is 7. The van der Waals surface area contributed by atoms with E-state index in [9.17, 15) is 15.0 Å². The van der Waals surface area contributed by atoms with Crippen molar-refractivity contribution in [3.63, 3.8) is 0 Å². The maximum absolute atomic E-state index is 12.8. The van der Waals surface area contributed by atoms with Gasteiger partial charge in [0.15, 0.2) is 0 Å². The topological polar surface area (TPSA) is 140 Å². The summed E-state index contributed by atoms with van der Waals surface area (Å²) in [5, 5.41) is 20.1. The molecule has 1 saturated heterocycles. The Morgan fingerprint density at radius 3 is 2.86 bits per heavy atom. The SMILES string of the molecule is CCc1cc(O)ccc1C1CCC2C(C1)NNC2c1ncc(C2=CCCN(C(=O)[C@@H](N)C(C)(C)O)C2)[nH]1. The summed E-state index contributed by atoms with van der Waals surface area (Å²) < 4.78 is 0. The molecule has 7 N–H and O–H groups in total. The highest BCUT2D eigenvalue weighted by atomic mass is 16.3. The molecule has 1 amide bonds. The third-order valence-electron chi connectivity index (χ3n) is 8.43. The maximum Gasteiger partial charge on any atom is 0.242 e. The number of carbonyl (C=O) groups excluding carboxylic acids is 1. The third kappa shape index (κ3) is 5.18. The number of aromatic hydroxyl groups is 1. The second-order valence-electron chi connectivity index (χ2n) is 11.4. The van der Waals surface area contributed by atoms with Crippen LogP contribution in [0.4, 0.5) is 0 Å². The number of rotatable bonds is 6. The number of fused-ring (bicyclic) bond motifs is 1. The summed E-state index contributed by atoms with van der Waals surface area (Å²) in [5.74, 6) is 1.91. The number of imidazole rings is 1. The summed E-state index contributed by atoms with van der Waals surface area (Å²) in [7, 11) is 0. The molecule has 0 bridgehead atoms. The fraction of sp³-hybridized carbons (Fsp3) is 0.571. The first kappa shape index (κ1) is 25.9. The van der Waals surface area contributed by atoms with E-state index in [1.54, 1.807) is 24.8 Å². The molecule has 1 saturated carbocycles. The van der Waals surface area contributed by atoms with E-state index < -0.39 is 11.6 Å². The molecule has 1 aromatic carbocycles. The van der Waals surface area contributed by atoms with Crippen LogP contribution < -0.4 is 16.6 Å². The quantitative estimate of drug-likeness (QED) is 0.352. The lowest BCUT2D eigenvalue weighted by atomic mass is 9.73. The van der Waals surface area contributed by atoms with Crippen LogP contribution in [0.2, 0.25) is 0 Å². The van der Waals surface area contributed by atoms with Crippen LogP contribution in [-0.2, 0) is 11.2 Å². The largest absolute Gasteiger partial charge is 0.508 e. The highest BCUT2D eigenvalue weighted by Gasteiger charge is 2.42. The predicted molar refractivity (Wildman–Crippen MR) is 142 cm³/mol. The number of H-pyrrole nitrogens is 1. The monoisotopic (exact) mass is 508 g/mol. The van der Waals surface area contributed by atoms with Gasteiger partial charge in [-0.25, -0.2) is 10.4 Å². The summed E-state index contributed by atoms with van der Waals surface area (Å²) >= 11 is 0. The molecular formula is C28H40N6O3. The van der Waals surface area contributed by atoms with E-state index in [-0.39, 0.29) is 11.9 Å². The van der Waals surface area contributed by atoms with Crippen molar-refractivity contribution in [1.82, 2.24) is 25.7 Å². The Morgan fingerprint density at radius 2 is 2.11 bits per heavy atom. The van der Waals surface area contributed by atoms with Gasteiger partial charge in [-0.2, -0.15) is 0 Å². The Labute approximate surface area is 218 Å². The van der Waals surface area contributed by atoms with Crippen molar-refractivity contribution in [1.29, 1.82) is 0 Å². The number of amides is 1. The average molecular weight is 509 g/mol. The highest BCUT2D eigenvalue weighted by Crippen LogP contribution is 2.44. The van der Waals surface area contributed by atoms with Crippen LogP contribution in [0.5, 0.6) is 5.75 Å². The van der Waals surface area contributed by atoms with Gasteiger partial charge in [0.2, 0.25) is 5.91 Å². The zero-order valence-corrected chi connectivity index (χ0v) is 22.0. The molecule has 200 valence electrons. The number of nitrogens with one attached hydrogen (secondary N) is 3. The van der Waals surface area contributed by atoms with Crippen LogP contribution in [-0.4, -0.2) is 61.8 Å². The second-order valence-corrected chi connectivity index (χ2v) is 11.4. The molecule has 5 atom stereocenters.